The Kier molecular flexibility index (Phi) is 3.46. The average molecular weight is 348 g/mol. The Balaban J connectivity index is 1.51. The van der Waals surface area contributed by atoms with Gasteiger partial charge in [0.25, 0.3) is 5.91 Å². The number of benzene rings is 1. The molecule has 1 aromatic carbocycles. The van der Waals surface area contributed by atoms with Crippen LogP contribution in [-0.4, -0.2) is 43.1 Å². The summed E-state index contributed by atoms with van der Waals surface area (Å²) in [5.41, 5.74) is -0.756. The van der Waals surface area contributed by atoms with Gasteiger partial charge in [0.1, 0.15) is 5.54 Å². The largest absolute Gasteiger partial charge is 0.325 e. The molecule has 1 heterocycles. The lowest BCUT2D eigenvalue weighted by Gasteiger charge is -2.26. The molecule has 0 atom stereocenters. The first-order valence-corrected chi connectivity index (χ1v) is 10.0. The average Bonchev–Trinajstić information content (AvgIpc) is 3.46. The van der Waals surface area contributed by atoms with Crippen LogP contribution >= 0.6 is 0 Å². The van der Waals surface area contributed by atoms with Gasteiger partial charge in [-0.25, -0.2) is 13.2 Å². The monoisotopic (exact) mass is 348 g/mol. The SMILES string of the molecule is O=C1NC(C2CC2)(C2CC2)C(=O)N1CCS(=O)(=O)c1ccccc1. The minimum atomic E-state index is -3.52. The lowest BCUT2D eigenvalue weighted by Crippen LogP contribution is -2.51. The topological polar surface area (TPSA) is 83.6 Å². The van der Waals surface area contributed by atoms with Crippen LogP contribution in [0.3, 0.4) is 0 Å². The van der Waals surface area contributed by atoms with Gasteiger partial charge in [0, 0.05) is 6.54 Å². The van der Waals surface area contributed by atoms with E-state index in [2.05, 4.69) is 5.32 Å². The first-order valence-electron chi connectivity index (χ1n) is 8.37. The van der Waals surface area contributed by atoms with Crippen molar-refractivity contribution in [2.45, 2.75) is 36.1 Å². The molecule has 0 aromatic heterocycles. The number of amides is 3. The van der Waals surface area contributed by atoms with Crippen LogP contribution < -0.4 is 5.32 Å². The molecule has 1 saturated heterocycles. The molecule has 1 N–H and O–H groups in total. The van der Waals surface area contributed by atoms with Crippen molar-refractivity contribution < 1.29 is 18.0 Å². The molecule has 24 heavy (non-hydrogen) atoms. The summed E-state index contributed by atoms with van der Waals surface area (Å²) in [5.74, 6) is -0.0307. The summed E-state index contributed by atoms with van der Waals surface area (Å²) in [7, 11) is -3.52. The second-order valence-corrected chi connectivity index (χ2v) is 9.05. The maximum absolute atomic E-state index is 12.9. The summed E-state index contributed by atoms with van der Waals surface area (Å²) in [6.07, 6.45) is 3.83. The van der Waals surface area contributed by atoms with Crippen molar-refractivity contribution >= 4 is 21.8 Å². The molecule has 7 heteroatoms. The quantitative estimate of drug-likeness (QED) is 0.791. The van der Waals surface area contributed by atoms with E-state index in [0.29, 0.717) is 0 Å². The number of sulfone groups is 1. The lowest BCUT2D eigenvalue weighted by atomic mass is 9.87. The molecule has 0 bridgehead atoms. The van der Waals surface area contributed by atoms with Crippen LogP contribution in [0.25, 0.3) is 0 Å². The molecule has 6 nitrogen and oxygen atoms in total. The van der Waals surface area contributed by atoms with Crippen molar-refractivity contribution in [1.82, 2.24) is 10.2 Å². The van der Waals surface area contributed by atoms with Crippen LogP contribution in [0.5, 0.6) is 0 Å². The standard InChI is InChI=1S/C17H20N2O4S/c20-15-17(12-6-7-12,13-8-9-13)18-16(21)19(15)10-11-24(22,23)14-4-2-1-3-5-14/h1-5,12-13H,6-11H2,(H,18,21). The molecule has 128 valence electrons. The van der Waals surface area contributed by atoms with Crippen LogP contribution in [-0.2, 0) is 14.6 Å². The first kappa shape index (κ1) is 15.6. The highest BCUT2D eigenvalue weighted by atomic mass is 32.2. The van der Waals surface area contributed by atoms with E-state index in [-0.39, 0.29) is 34.9 Å². The summed E-state index contributed by atoms with van der Waals surface area (Å²) >= 11 is 0. The summed E-state index contributed by atoms with van der Waals surface area (Å²) in [6, 6.07) is 7.68. The van der Waals surface area contributed by atoms with Crippen LogP contribution in [0.4, 0.5) is 4.79 Å². The molecule has 0 radical (unpaired) electrons. The van der Waals surface area contributed by atoms with Crippen LogP contribution in [0.2, 0.25) is 0 Å². The number of hydrogen-bond donors (Lipinski definition) is 1. The third kappa shape index (κ3) is 2.42. The molecule has 3 aliphatic rings. The van der Waals surface area contributed by atoms with Crippen LogP contribution in [0, 0.1) is 11.8 Å². The van der Waals surface area contributed by atoms with Gasteiger partial charge in [0.15, 0.2) is 9.84 Å². The first-order chi connectivity index (χ1) is 11.4. The Morgan fingerprint density at radius 2 is 1.62 bits per heavy atom. The number of imide groups is 1. The number of rotatable bonds is 6. The number of carbonyl (C=O) groups excluding carboxylic acids is 2. The maximum Gasteiger partial charge on any atom is 0.325 e. The highest BCUT2D eigenvalue weighted by molar-refractivity contribution is 7.91. The van der Waals surface area contributed by atoms with Gasteiger partial charge in [-0.05, 0) is 49.7 Å². The van der Waals surface area contributed by atoms with Crippen molar-refractivity contribution in [3.63, 3.8) is 0 Å². The van der Waals surface area contributed by atoms with Gasteiger partial charge in [0.05, 0.1) is 10.6 Å². The molecule has 2 saturated carbocycles. The van der Waals surface area contributed by atoms with Crippen molar-refractivity contribution in [3.05, 3.63) is 30.3 Å². The highest BCUT2D eigenvalue weighted by Crippen LogP contribution is 2.54. The van der Waals surface area contributed by atoms with Gasteiger partial charge < -0.3 is 5.32 Å². The summed E-state index contributed by atoms with van der Waals surface area (Å²) in [4.78, 5) is 26.5. The minimum Gasteiger partial charge on any atom is -0.323 e. The molecule has 2 aliphatic carbocycles. The molecule has 1 aliphatic heterocycles. The van der Waals surface area contributed by atoms with Gasteiger partial charge in [-0.15, -0.1) is 0 Å². The zero-order valence-electron chi connectivity index (χ0n) is 13.3. The van der Waals surface area contributed by atoms with E-state index in [0.717, 1.165) is 30.6 Å². The van der Waals surface area contributed by atoms with Crippen LogP contribution in [0.15, 0.2) is 35.2 Å². The van der Waals surface area contributed by atoms with Gasteiger partial charge >= 0.3 is 6.03 Å². The molecule has 0 unspecified atom stereocenters. The normalized spacial score (nSPS) is 23.4. The van der Waals surface area contributed by atoms with E-state index < -0.39 is 21.4 Å². The van der Waals surface area contributed by atoms with Gasteiger partial charge in [0.2, 0.25) is 0 Å². The Morgan fingerprint density at radius 3 is 2.17 bits per heavy atom. The summed E-state index contributed by atoms with van der Waals surface area (Å²) in [5, 5.41) is 2.91. The fourth-order valence-electron chi connectivity index (χ4n) is 3.74. The Bertz CT molecular complexity index is 770. The van der Waals surface area contributed by atoms with Crippen molar-refractivity contribution in [2.75, 3.05) is 12.3 Å². The third-order valence-corrected chi connectivity index (χ3v) is 7.00. The Labute approximate surface area is 141 Å². The molecule has 3 amide bonds. The van der Waals surface area contributed by atoms with E-state index in [9.17, 15) is 18.0 Å². The summed E-state index contributed by atoms with van der Waals surface area (Å²) < 4.78 is 24.8. The zero-order valence-corrected chi connectivity index (χ0v) is 14.1. The second-order valence-electron chi connectivity index (χ2n) is 6.94. The van der Waals surface area contributed by atoms with E-state index in [4.69, 9.17) is 0 Å². The predicted octanol–water partition coefficient (Wildman–Crippen LogP) is 1.57. The highest BCUT2D eigenvalue weighted by Gasteiger charge is 2.65. The zero-order chi connectivity index (χ0) is 16.9. The summed E-state index contributed by atoms with van der Waals surface area (Å²) in [6.45, 7) is -0.0942. The third-order valence-electron chi connectivity index (χ3n) is 5.29. The lowest BCUT2D eigenvalue weighted by molar-refractivity contribution is -0.132. The maximum atomic E-state index is 12.9. The Hall–Kier alpha value is -1.89. The molecule has 1 aromatic rings. The molecule has 0 spiro atoms. The fourth-order valence-corrected chi connectivity index (χ4v) is 4.97. The van der Waals surface area contributed by atoms with Crippen molar-refractivity contribution in [1.29, 1.82) is 0 Å². The number of carbonyl (C=O) groups is 2. The van der Waals surface area contributed by atoms with E-state index in [1.807, 2.05) is 0 Å². The Morgan fingerprint density at radius 1 is 1.04 bits per heavy atom. The molecular weight excluding hydrogens is 328 g/mol. The van der Waals surface area contributed by atoms with E-state index in [1.54, 1.807) is 18.2 Å². The smallest absolute Gasteiger partial charge is 0.323 e. The van der Waals surface area contributed by atoms with E-state index >= 15 is 0 Å². The van der Waals surface area contributed by atoms with Crippen molar-refractivity contribution in [3.8, 4) is 0 Å². The van der Waals surface area contributed by atoms with Gasteiger partial charge in [-0.1, -0.05) is 18.2 Å². The number of nitrogens with zero attached hydrogens (tertiary/aromatic N) is 1. The van der Waals surface area contributed by atoms with Crippen molar-refractivity contribution in [2.24, 2.45) is 11.8 Å². The molecule has 3 fully saturated rings. The van der Waals surface area contributed by atoms with E-state index in [1.165, 1.54) is 12.1 Å². The fraction of sp³-hybridized carbons (Fsp3) is 0.529. The molecule has 4 rings (SSSR count). The number of nitrogens with one attached hydrogen (secondary N) is 1. The van der Waals surface area contributed by atoms with Crippen LogP contribution in [0.1, 0.15) is 25.7 Å². The van der Waals surface area contributed by atoms with Gasteiger partial charge in [-0.2, -0.15) is 0 Å². The van der Waals surface area contributed by atoms with Gasteiger partial charge in [-0.3, -0.25) is 9.69 Å². The number of hydrogen-bond acceptors (Lipinski definition) is 4. The second kappa shape index (κ2) is 5.31. The number of urea groups is 1. The predicted molar refractivity (Wildman–Crippen MR) is 86.9 cm³/mol. The molecular formula is C17H20N2O4S. The minimum absolute atomic E-state index is 0.0942.